The molecule has 2 aromatic rings. The average molecular weight is 536 g/mol. The van der Waals surface area contributed by atoms with Crippen molar-refractivity contribution in [2.45, 2.75) is 61.5 Å². The van der Waals surface area contributed by atoms with Gasteiger partial charge >= 0.3 is 12.4 Å². The van der Waals surface area contributed by atoms with Gasteiger partial charge < -0.3 is 5.73 Å². The van der Waals surface area contributed by atoms with Crippen LogP contribution in [-0.2, 0) is 17.8 Å². The third-order valence-electron chi connectivity index (χ3n) is 5.49. The lowest BCUT2D eigenvalue weighted by Gasteiger charge is -2.42. The van der Waals surface area contributed by atoms with Crippen LogP contribution < -0.4 is 16.2 Å². The number of amides is 1. The number of halogens is 6. The number of hydrogen-bond donors (Lipinski definition) is 2. The molecule has 0 unspecified atom stereocenters. The lowest BCUT2D eigenvalue weighted by Crippen LogP contribution is -2.49. The van der Waals surface area contributed by atoms with E-state index < -0.39 is 35.0 Å². The zero-order valence-corrected chi connectivity index (χ0v) is 20.8. The summed E-state index contributed by atoms with van der Waals surface area (Å²) in [5.41, 5.74) is 4.97. The number of hydrogen-bond acceptors (Lipinski definition) is 3. The summed E-state index contributed by atoms with van der Waals surface area (Å²) in [6.45, 7) is 8.37. The Hall–Kier alpha value is -2.47. The van der Waals surface area contributed by atoms with Crippen molar-refractivity contribution in [2.24, 2.45) is 5.73 Å². The van der Waals surface area contributed by atoms with Gasteiger partial charge in [0.05, 0.1) is 16.8 Å². The van der Waals surface area contributed by atoms with Crippen molar-refractivity contribution in [3.63, 3.8) is 0 Å². The molecule has 1 heterocycles. The first-order chi connectivity index (χ1) is 15.8. The smallest absolute Gasteiger partial charge is 0.374 e. The van der Waals surface area contributed by atoms with E-state index in [1.54, 1.807) is 23.9 Å². The predicted molar refractivity (Wildman–Crippen MR) is 127 cm³/mol. The van der Waals surface area contributed by atoms with E-state index in [0.29, 0.717) is 17.8 Å². The van der Waals surface area contributed by atoms with Gasteiger partial charge in [0.1, 0.15) is 0 Å². The molecular formula is C23H23F6N3OS2. The van der Waals surface area contributed by atoms with E-state index in [2.05, 4.69) is 33.1 Å². The Bertz CT molecular complexity index is 1140. The fourth-order valence-corrected chi connectivity index (χ4v) is 6.03. The number of benzene rings is 2. The first-order valence-corrected chi connectivity index (χ1v) is 11.6. The van der Waals surface area contributed by atoms with Gasteiger partial charge in [-0.1, -0.05) is 27.7 Å². The standard InChI is InChI=1S/C23H23F6N3OS2/c1-20(2)11-21(3,4)35-17-6-5-15(10-16(17)20)32(19(30)34)31-18(33)12-7-13(22(24,25)26)9-14(8-12)23(27,28)29/h5-10H,11H2,1-4H3,(H2,30,34)(H,31,33). The average Bonchev–Trinajstić information content (AvgIpc) is 2.68. The number of rotatable bonds is 2. The van der Waals surface area contributed by atoms with Crippen LogP contribution in [0.4, 0.5) is 32.0 Å². The molecule has 1 aliphatic rings. The molecule has 190 valence electrons. The molecule has 1 amide bonds. The molecule has 4 nitrogen and oxygen atoms in total. The Kier molecular flexibility index (Phi) is 6.88. The minimum atomic E-state index is -5.09. The minimum absolute atomic E-state index is 0.0191. The van der Waals surface area contributed by atoms with E-state index in [-0.39, 0.29) is 21.3 Å². The number of nitrogens with one attached hydrogen (secondary N) is 1. The number of fused-ring (bicyclic) bond motifs is 1. The highest BCUT2D eigenvalue weighted by Gasteiger charge is 2.39. The third kappa shape index (κ3) is 6.03. The Morgan fingerprint density at radius 1 is 1.00 bits per heavy atom. The molecule has 0 saturated heterocycles. The van der Waals surface area contributed by atoms with Gasteiger partial charge in [0.2, 0.25) is 0 Å². The molecule has 3 N–H and O–H groups in total. The first-order valence-electron chi connectivity index (χ1n) is 10.3. The predicted octanol–water partition coefficient (Wildman–Crippen LogP) is 6.67. The summed E-state index contributed by atoms with van der Waals surface area (Å²) in [4.78, 5) is 13.8. The number of nitrogens with zero attached hydrogens (tertiary/aromatic N) is 1. The molecule has 0 fully saturated rings. The Labute approximate surface area is 208 Å². The summed E-state index contributed by atoms with van der Waals surface area (Å²) >= 11 is 6.69. The summed E-state index contributed by atoms with van der Waals surface area (Å²) in [5, 5.41) is 0.620. The molecular weight excluding hydrogens is 512 g/mol. The van der Waals surface area contributed by atoms with E-state index in [0.717, 1.165) is 21.9 Å². The van der Waals surface area contributed by atoms with E-state index in [9.17, 15) is 31.1 Å². The Morgan fingerprint density at radius 2 is 1.54 bits per heavy atom. The maximum absolute atomic E-state index is 13.2. The number of nitrogens with two attached hydrogens (primary N) is 1. The maximum atomic E-state index is 13.2. The van der Waals surface area contributed by atoms with Gasteiger partial charge in [0, 0.05) is 15.2 Å². The molecule has 0 bridgehead atoms. The van der Waals surface area contributed by atoms with Crippen LogP contribution in [0.5, 0.6) is 0 Å². The number of carbonyl (C=O) groups excluding carboxylic acids is 1. The van der Waals surface area contributed by atoms with Crippen molar-refractivity contribution >= 4 is 40.7 Å². The number of alkyl halides is 6. The summed E-state index contributed by atoms with van der Waals surface area (Å²) in [6.07, 6.45) is -9.34. The fourth-order valence-electron chi connectivity index (χ4n) is 4.27. The van der Waals surface area contributed by atoms with Crippen LogP contribution in [-0.4, -0.2) is 15.8 Å². The van der Waals surface area contributed by atoms with Gasteiger partial charge in [-0.25, -0.2) is 5.01 Å². The molecule has 0 spiro atoms. The topological polar surface area (TPSA) is 58.4 Å². The van der Waals surface area contributed by atoms with Crippen molar-refractivity contribution in [3.05, 3.63) is 58.7 Å². The van der Waals surface area contributed by atoms with Crippen LogP contribution >= 0.6 is 24.0 Å². The summed E-state index contributed by atoms with van der Waals surface area (Å²) < 4.78 is 79.1. The van der Waals surface area contributed by atoms with Crippen LogP contribution in [0, 0.1) is 0 Å². The van der Waals surface area contributed by atoms with E-state index in [4.69, 9.17) is 18.0 Å². The second-order valence-electron chi connectivity index (χ2n) is 9.51. The second-order valence-corrected chi connectivity index (χ2v) is 11.7. The molecule has 0 atom stereocenters. The van der Waals surface area contributed by atoms with Gasteiger partial charge in [-0.05, 0) is 66.0 Å². The minimum Gasteiger partial charge on any atom is -0.374 e. The lowest BCUT2D eigenvalue weighted by atomic mass is 9.77. The summed E-state index contributed by atoms with van der Waals surface area (Å²) in [7, 11) is 0. The van der Waals surface area contributed by atoms with Crippen LogP contribution in [0.15, 0.2) is 41.3 Å². The highest BCUT2D eigenvalue weighted by molar-refractivity contribution is 8.00. The molecule has 35 heavy (non-hydrogen) atoms. The summed E-state index contributed by atoms with van der Waals surface area (Å²) in [6, 6.07) is 5.84. The van der Waals surface area contributed by atoms with E-state index >= 15 is 0 Å². The van der Waals surface area contributed by atoms with Gasteiger partial charge in [-0.15, -0.1) is 11.8 Å². The summed E-state index contributed by atoms with van der Waals surface area (Å²) in [5.74, 6) is -1.23. The molecule has 2 aromatic carbocycles. The Balaban J connectivity index is 2.00. The SMILES string of the molecule is CC1(C)CC(C)(C)c2cc(N(NC(=O)c3cc(C(F)(F)F)cc(C(F)(F)F)c3)C(N)=S)ccc2S1. The van der Waals surface area contributed by atoms with Crippen molar-refractivity contribution < 1.29 is 31.1 Å². The number of thiocarbonyl (C=S) groups is 1. The fraction of sp³-hybridized carbons (Fsp3) is 0.391. The molecule has 1 aliphatic heterocycles. The number of thioether (sulfide) groups is 1. The van der Waals surface area contributed by atoms with Crippen LogP contribution in [0.25, 0.3) is 0 Å². The monoisotopic (exact) mass is 535 g/mol. The van der Waals surface area contributed by atoms with Gasteiger partial charge in [0.25, 0.3) is 5.91 Å². The Morgan fingerprint density at radius 3 is 2.03 bits per heavy atom. The third-order valence-corrected chi connectivity index (χ3v) is 6.94. The molecule has 0 aliphatic carbocycles. The highest BCUT2D eigenvalue weighted by atomic mass is 32.2. The zero-order valence-electron chi connectivity index (χ0n) is 19.2. The number of carbonyl (C=O) groups is 1. The second kappa shape index (κ2) is 8.88. The largest absolute Gasteiger partial charge is 0.416 e. The van der Waals surface area contributed by atoms with Crippen LogP contribution in [0.2, 0.25) is 0 Å². The van der Waals surface area contributed by atoms with E-state index in [1.807, 2.05) is 6.07 Å². The van der Waals surface area contributed by atoms with Gasteiger partial charge in [-0.3, -0.25) is 10.2 Å². The molecule has 3 rings (SSSR count). The van der Waals surface area contributed by atoms with Crippen molar-refractivity contribution in [3.8, 4) is 0 Å². The normalized spacial score (nSPS) is 16.9. The van der Waals surface area contributed by atoms with Crippen LogP contribution in [0.3, 0.4) is 0 Å². The maximum Gasteiger partial charge on any atom is 0.416 e. The molecule has 0 saturated carbocycles. The molecule has 0 radical (unpaired) electrons. The van der Waals surface area contributed by atoms with Crippen molar-refractivity contribution in [2.75, 3.05) is 5.01 Å². The highest BCUT2D eigenvalue weighted by Crippen LogP contribution is 2.51. The van der Waals surface area contributed by atoms with Crippen LogP contribution in [0.1, 0.15) is 61.2 Å². The van der Waals surface area contributed by atoms with Gasteiger partial charge in [0.15, 0.2) is 5.11 Å². The number of hydrazine groups is 1. The number of anilines is 1. The quantitative estimate of drug-likeness (QED) is 0.256. The van der Waals surface area contributed by atoms with E-state index in [1.165, 1.54) is 0 Å². The zero-order chi connectivity index (χ0) is 26.6. The lowest BCUT2D eigenvalue weighted by molar-refractivity contribution is -0.143. The van der Waals surface area contributed by atoms with Crippen molar-refractivity contribution in [1.82, 2.24) is 5.43 Å². The van der Waals surface area contributed by atoms with Gasteiger partial charge in [-0.2, -0.15) is 26.3 Å². The molecule has 12 heteroatoms. The molecule has 0 aromatic heterocycles. The first kappa shape index (κ1) is 27.1. The van der Waals surface area contributed by atoms with Crippen molar-refractivity contribution in [1.29, 1.82) is 0 Å².